The van der Waals surface area contributed by atoms with Gasteiger partial charge in [0, 0.05) is 33.8 Å². The summed E-state index contributed by atoms with van der Waals surface area (Å²) in [5.74, 6) is 0. The average Bonchev–Trinajstić information content (AvgIpc) is 3.50. The van der Waals surface area contributed by atoms with E-state index in [1.165, 1.54) is 85.3 Å². The molecule has 0 atom stereocenters. The predicted octanol–water partition coefficient (Wildman–Crippen LogP) is 13.1. The summed E-state index contributed by atoms with van der Waals surface area (Å²) in [6.07, 6.45) is 2.38. The smallest absolute Gasteiger partial charge is 0.297 e. The third-order valence-electron chi connectivity index (χ3n) is 13.6. The highest BCUT2D eigenvalue weighted by atomic mass is 16.3. The normalized spacial score (nSPS) is 17.0. The van der Waals surface area contributed by atoms with Crippen LogP contribution in [0.3, 0.4) is 0 Å². The highest BCUT2D eigenvalue weighted by Crippen LogP contribution is 2.51. The number of hydrogen-bond donors (Lipinski definition) is 0. The summed E-state index contributed by atoms with van der Waals surface area (Å²) < 4.78 is 7.26. The van der Waals surface area contributed by atoms with Crippen molar-refractivity contribution < 1.29 is 4.42 Å². The first-order valence-corrected chi connectivity index (χ1v) is 21.3. The van der Waals surface area contributed by atoms with Gasteiger partial charge in [0.25, 0.3) is 6.71 Å². The lowest BCUT2D eigenvalue weighted by Gasteiger charge is -2.45. The molecule has 0 saturated heterocycles. The standard InChI is InChI=1S/C53H61BN2O/c1-32-27-43-46-44(28-32)56(36-19-15-33(16-20-36)49(2,3)4)47-38-29-34(50(5,6)7)18-24-45(38)57-48(47)54(46)41-30-35(51(8,9)10)17-23-42(41)55(43)37-21-22-39-40(31-37)53(13,14)26-25-52(39,11)12/h15-24,27-31H,25-26H2,1-14H3. The Morgan fingerprint density at radius 1 is 0.544 bits per heavy atom. The topological polar surface area (TPSA) is 19.6 Å². The summed E-state index contributed by atoms with van der Waals surface area (Å²) in [4.78, 5) is 5.10. The van der Waals surface area contributed by atoms with Crippen molar-refractivity contribution in [3.05, 3.63) is 124 Å². The zero-order valence-corrected chi connectivity index (χ0v) is 37.0. The van der Waals surface area contributed by atoms with E-state index in [2.05, 4.69) is 198 Å². The van der Waals surface area contributed by atoms with Crippen LogP contribution in [0.1, 0.15) is 136 Å². The molecule has 5 aromatic carbocycles. The minimum absolute atomic E-state index is 0.00787. The first-order valence-electron chi connectivity index (χ1n) is 21.3. The quantitative estimate of drug-likeness (QED) is 0.164. The zero-order valence-electron chi connectivity index (χ0n) is 37.0. The highest BCUT2D eigenvalue weighted by molar-refractivity contribution is 7.00. The summed E-state index contributed by atoms with van der Waals surface area (Å²) in [5.41, 5.74) is 20.2. The van der Waals surface area contributed by atoms with E-state index in [0.29, 0.717) is 0 Å². The lowest BCUT2D eigenvalue weighted by molar-refractivity contribution is 0.332. The van der Waals surface area contributed by atoms with E-state index in [9.17, 15) is 0 Å². The molecule has 2 aliphatic heterocycles. The molecule has 0 spiro atoms. The second-order valence-electron chi connectivity index (χ2n) is 21.9. The van der Waals surface area contributed by atoms with Crippen molar-refractivity contribution in [2.75, 3.05) is 9.80 Å². The molecule has 4 heteroatoms. The molecule has 9 rings (SSSR count). The van der Waals surface area contributed by atoms with Crippen molar-refractivity contribution in [3.63, 3.8) is 0 Å². The Morgan fingerprint density at radius 3 is 1.72 bits per heavy atom. The SMILES string of the molecule is Cc1cc2c3c(c1)N(c1ccc(C(C)(C)C)cc1)c1c(oc4ccc(C(C)(C)C)cc14)B3c1cc(C(C)(C)C)ccc1N2c1ccc2c(c1)C(C)(C)CCC2(C)C. The van der Waals surface area contributed by atoms with Crippen molar-refractivity contribution in [1.29, 1.82) is 0 Å². The Kier molecular flexibility index (Phi) is 8.08. The molecule has 0 saturated carbocycles. The van der Waals surface area contributed by atoms with E-state index in [4.69, 9.17) is 4.42 Å². The van der Waals surface area contributed by atoms with Crippen LogP contribution < -0.4 is 26.4 Å². The molecule has 0 amide bonds. The Bertz CT molecular complexity index is 2600. The van der Waals surface area contributed by atoms with E-state index < -0.39 is 0 Å². The minimum Gasteiger partial charge on any atom is -0.468 e. The van der Waals surface area contributed by atoms with Gasteiger partial charge in [0.2, 0.25) is 0 Å². The maximum absolute atomic E-state index is 7.26. The van der Waals surface area contributed by atoms with Crippen LogP contribution in [0.25, 0.3) is 11.0 Å². The Morgan fingerprint density at radius 2 is 1.09 bits per heavy atom. The molecule has 1 aliphatic carbocycles. The summed E-state index contributed by atoms with van der Waals surface area (Å²) in [6, 6.07) is 35.6. The van der Waals surface area contributed by atoms with Gasteiger partial charge in [-0.15, -0.1) is 0 Å². The molecule has 0 radical (unpaired) electrons. The molecule has 1 aromatic heterocycles. The van der Waals surface area contributed by atoms with E-state index in [-0.39, 0.29) is 33.8 Å². The van der Waals surface area contributed by atoms with Crippen molar-refractivity contribution in [3.8, 4) is 0 Å². The fraction of sp³-hybridized carbons (Fsp3) is 0.396. The summed E-state index contributed by atoms with van der Waals surface area (Å²) in [6.45, 7) is 32.7. The van der Waals surface area contributed by atoms with Gasteiger partial charge < -0.3 is 14.2 Å². The lowest BCUT2D eigenvalue weighted by atomic mass is 9.35. The fourth-order valence-corrected chi connectivity index (χ4v) is 9.93. The molecular formula is C53H61BN2O. The molecule has 0 unspecified atom stereocenters. The van der Waals surface area contributed by atoms with Crippen molar-refractivity contribution in [1.82, 2.24) is 0 Å². The van der Waals surface area contributed by atoms with Crippen LogP contribution in [0.5, 0.6) is 0 Å². The van der Waals surface area contributed by atoms with Crippen LogP contribution in [-0.4, -0.2) is 6.71 Å². The first-order chi connectivity index (χ1) is 26.5. The van der Waals surface area contributed by atoms with Gasteiger partial charge in [-0.05, 0) is 146 Å². The van der Waals surface area contributed by atoms with Gasteiger partial charge in [-0.1, -0.05) is 126 Å². The zero-order chi connectivity index (χ0) is 40.8. The number of fused-ring (bicyclic) bond motifs is 7. The Balaban J connectivity index is 1.38. The second kappa shape index (κ2) is 12.2. The van der Waals surface area contributed by atoms with E-state index in [0.717, 1.165) is 22.6 Å². The molecule has 3 nitrogen and oxygen atoms in total. The second-order valence-corrected chi connectivity index (χ2v) is 21.9. The third kappa shape index (κ3) is 5.91. The van der Waals surface area contributed by atoms with E-state index >= 15 is 0 Å². The monoisotopic (exact) mass is 752 g/mol. The van der Waals surface area contributed by atoms with E-state index in [1.807, 2.05) is 0 Å². The maximum Gasteiger partial charge on any atom is 0.297 e. The van der Waals surface area contributed by atoms with Crippen LogP contribution in [0.4, 0.5) is 34.1 Å². The molecule has 6 aromatic rings. The van der Waals surface area contributed by atoms with Crippen molar-refractivity contribution in [2.24, 2.45) is 0 Å². The van der Waals surface area contributed by atoms with Gasteiger partial charge in [-0.3, -0.25) is 0 Å². The molecule has 57 heavy (non-hydrogen) atoms. The van der Waals surface area contributed by atoms with Gasteiger partial charge >= 0.3 is 0 Å². The van der Waals surface area contributed by atoms with Crippen LogP contribution in [0, 0.1) is 6.92 Å². The number of aryl methyl sites for hydroxylation is 1. The van der Waals surface area contributed by atoms with Gasteiger partial charge in [0.1, 0.15) is 5.58 Å². The molecular weight excluding hydrogens is 691 g/mol. The number of anilines is 6. The van der Waals surface area contributed by atoms with Crippen LogP contribution in [-0.2, 0) is 27.1 Å². The van der Waals surface area contributed by atoms with Crippen LogP contribution in [0.2, 0.25) is 0 Å². The maximum atomic E-state index is 7.26. The Hall–Kier alpha value is -4.70. The largest absolute Gasteiger partial charge is 0.468 e. The Labute approximate surface area is 342 Å². The van der Waals surface area contributed by atoms with Gasteiger partial charge in [0.05, 0.1) is 11.3 Å². The number of furan rings is 1. The summed E-state index contributed by atoms with van der Waals surface area (Å²) in [7, 11) is 0. The first kappa shape index (κ1) is 37.9. The summed E-state index contributed by atoms with van der Waals surface area (Å²) in [5, 5.41) is 1.17. The average molecular weight is 753 g/mol. The van der Waals surface area contributed by atoms with Crippen LogP contribution >= 0.6 is 0 Å². The predicted molar refractivity (Wildman–Crippen MR) is 246 cm³/mol. The molecule has 0 N–H and O–H groups in total. The van der Waals surface area contributed by atoms with E-state index in [1.54, 1.807) is 0 Å². The molecule has 0 bridgehead atoms. The molecule has 0 fully saturated rings. The van der Waals surface area contributed by atoms with Crippen molar-refractivity contribution in [2.45, 2.75) is 137 Å². The van der Waals surface area contributed by atoms with Crippen molar-refractivity contribution >= 4 is 68.4 Å². The number of nitrogens with zero attached hydrogens (tertiary/aromatic N) is 2. The minimum atomic E-state index is -0.0808. The molecule has 3 heterocycles. The number of rotatable bonds is 2. The van der Waals surface area contributed by atoms with Crippen LogP contribution in [0.15, 0.2) is 95.4 Å². The summed E-state index contributed by atoms with van der Waals surface area (Å²) >= 11 is 0. The highest BCUT2D eigenvalue weighted by Gasteiger charge is 2.48. The molecule has 3 aliphatic rings. The van der Waals surface area contributed by atoms with Gasteiger partial charge in [-0.2, -0.15) is 0 Å². The number of benzene rings is 5. The third-order valence-corrected chi connectivity index (χ3v) is 13.6. The lowest BCUT2D eigenvalue weighted by Crippen LogP contribution is -2.61. The number of hydrogen-bond acceptors (Lipinski definition) is 3. The van der Waals surface area contributed by atoms with Gasteiger partial charge in [-0.25, -0.2) is 0 Å². The van der Waals surface area contributed by atoms with Gasteiger partial charge in [0.15, 0.2) is 0 Å². The molecule has 292 valence electrons. The fourth-order valence-electron chi connectivity index (χ4n) is 9.93.